The van der Waals surface area contributed by atoms with Gasteiger partial charge in [0.15, 0.2) is 12.4 Å². The van der Waals surface area contributed by atoms with Gasteiger partial charge < -0.3 is 4.74 Å². The zero-order chi connectivity index (χ0) is 14.2. The van der Waals surface area contributed by atoms with Crippen molar-refractivity contribution in [2.75, 3.05) is 0 Å². The maximum atomic E-state index is 5.75. The molecule has 104 valence electrons. The van der Waals surface area contributed by atoms with Gasteiger partial charge in [-0.05, 0) is 18.6 Å². The highest BCUT2D eigenvalue weighted by atomic mass is 32.1. The third-order valence-electron chi connectivity index (χ3n) is 3.25. The van der Waals surface area contributed by atoms with E-state index in [1.54, 1.807) is 10.0 Å². The lowest BCUT2D eigenvalue weighted by atomic mass is 10.1. The van der Waals surface area contributed by atoms with Crippen molar-refractivity contribution >= 4 is 27.2 Å². The minimum atomic E-state index is 0.287. The van der Waals surface area contributed by atoms with E-state index < -0.39 is 0 Å². The maximum Gasteiger partial charge on any atom is 0.234 e. The number of benzene rings is 1. The van der Waals surface area contributed by atoms with Crippen LogP contribution >= 0.6 is 11.3 Å². The van der Waals surface area contributed by atoms with Crippen molar-refractivity contribution < 1.29 is 4.74 Å². The second kappa shape index (κ2) is 4.78. The topological polar surface area (TPSA) is 65.2 Å². The Labute approximate surface area is 124 Å². The molecule has 6 nitrogen and oxygen atoms in total. The molecule has 3 aromatic heterocycles. The first-order chi connectivity index (χ1) is 10.3. The highest BCUT2D eigenvalue weighted by Crippen LogP contribution is 2.21. The van der Waals surface area contributed by atoms with Crippen LogP contribution in [0.2, 0.25) is 0 Å². The van der Waals surface area contributed by atoms with Crippen molar-refractivity contribution in [3.8, 4) is 5.88 Å². The van der Waals surface area contributed by atoms with Gasteiger partial charge in [-0.3, -0.25) is 0 Å². The minimum Gasteiger partial charge on any atom is -0.469 e. The van der Waals surface area contributed by atoms with Gasteiger partial charge in [-0.25, -0.2) is 4.98 Å². The van der Waals surface area contributed by atoms with Crippen LogP contribution in [0.5, 0.6) is 5.88 Å². The Hall–Kier alpha value is -2.54. The predicted octanol–water partition coefficient (Wildman–Crippen LogP) is 2.62. The van der Waals surface area contributed by atoms with E-state index >= 15 is 0 Å². The fourth-order valence-corrected chi connectivity index (χ4v) is 2.80. The van der Waals surface area contributed by atoms with Crippen molar-refractivity contribution in [3.63, 3.8) is 0 Å². The molecule has 0 bridgehead atoms. The van der Waals surface area contributed by atoms with E-state index in [0.717, 1.165) is 21.4 Å². The molecule has 7 heteroatoms. The van der Waals surface area contributed by atoms with Gasteiger partial charge in [0, 0.05) is 11.5 Å². The molecule has 0 N–H and O–H groups in total. The van der Waals surface area contributed by atoms with Crippen molar-refractivity contribution in [1.29, 1.82) is 0 Å². The van der Waals surface area contributed by atoms with Gasteiger partial charge in [0.05, 0.1) is 5.52 Å². The lowest BCUT2D eigenvalue weighted by Gasteiger charge is -2.07. The van der Waals surface area contributed by atoms with Crippen LogP contribution in [0.3, 0.4) is 0 Å². The van der Waals surface area contributed by atoms with Crippen LogP contribution in [0, 0.1) is 6.92 Å². The number of pyridine rings is 1. The normalized spacial score (nSPS) is 11.3. The minimum absolute atomic E-state index is 0.287. The summed E-state index contributed by atoms with van der Waals surface area (Å²) < 4.78 is 7.43. The number of rotatable bonds is 3. The van der Waals surface area contributed by atoms with Crippen molar-refractivity contribution in [3.05, 3.63) is 47.2 Å². The van der Waals surface area contributed by atoms with Gasteiger partial charge in [-0.15, -0.1) is 10.2 Å². The molecule has 0 aliphatic carbocycles. The molecule has 0 atom stereocenters. The predicted molar refractivity (Wildman–Crippen MR) is 79.5 cm³/mol. The number of para-hydroxylation sites is 1. The summed E-state index contributed by atoms with van der Waals surface area (Å²) in [5.41, 5.74) is 3.79. The Morgan fingerprint density at radius 1 is 1.24 bits per heavy atom. The molecular formula is C14H11N5OS. The van der Waals surface area contributed by atoms with Gasteiger partial charge in [0.25, 0.3) is 0 Å². The van der Waals surface area contributed by atoms with Crippen LogP contribution in [0.15, 0.2) is 35.8 Å². The van der Waals surface area contributed by atoms with E-state index in [9.17, 15) is 0 Å². The third-order valence-corrected chi connectivity index (χ3v) is 3.91. The summed E-state index contributed by atoms with van der Waals surface area (Å²) in [4.78, 5) is 5.27. The van der Waals surface area contributed by atoms with Gasteiger partial charge in [-0.2, -0.15) is 9.61 Å². The monoisotopic (exact) mass is 297 g/mol. The Kier molecular flexibility index (Phi) is 2.78. The van der Waals surface area contributed by atoms with Crippen molar-refractivity contribution in [1.82, 2.24) is 24.8 Å². The van der Waals surface area contributed by atoms with E-state index in [1.165, 1.54) is 11.3 Å². The number of ether oxygens (including phenoxy) is 1. The van der Waals surface area contributed by atoms with E-state index in [2.05, 4.69) is 26.3 Å². The lowest BCUT2D eigenvalue weighted by molar-refractivity contribution is 0.282. The second-order valence-electron chi connectivity index (χ2n) is 4.63. The van der Waals surface area contributed by atoms with Gasteiger partial charge in [0.2, 0.25) is 10.8 Å². The summed E-state index contributed by atoms with van der Waals surface area (Å²) in [5.74, 6) is 1.25. The molecule has 0 unspecified atom stereocenters. The summed E-state index contributed by atoms with van der Waals surface area (Å²) in [5, 5.41) is 13.4. The number of hydrogen-bond acceptors (Lipinski definition) is 6. The molecule has 21 heavy (non-hydrogen) atoms. The Bertz CT molecular complexity index is 929. The van der Waals surface area contributed by atoms with E-state index in [0.29, 0.717) is 11.7 Å². The number of fused-ring (bicyclic) bond motifs is 2. The van der Waals surface area contributed by atoms with E-state index in [-0.39, 0.29) is 6.61 Å². The first kappa shape index (κ1) is 12.2. The van der Waals surface area contributed by atoms with Crippen LogP contribution in [-0.2, 0) is 6.61 Å². The first-order valence-electron chi connectivity index (χ1n) is 6.44. The quantitative estimate of drug-likeness (QED) is 0.581. The SMILES string of the molecule is Cc1cc(OCc2nnc3scnn23)nc2ccccc12. The zero-order valence-electron chi connectivity index (χ0n) is 11.2. The highest BCUT2D eigenvalue weighted by molar-refractivity contribution is 7.14. The highest BCUT2D eigenvalue weighted by Gasteiger charge is 2.09. The zero-order valence-corrected chi connectivity index (χ0v) is 12.0. The Balaban J connectivity index is 1.64. The standard InChI is InChI=1S/C14H11N5OS/c1-9-6-13(16-11-5-3-2-4-10(9)11)20-7-12-17-18-14-19(12)15-8-21-14/h2-6,8H,7H2,1H3. The second-order valence-corrected chi connectivity index (χ2v) is 5.44. The van der Waals surface area contributed by atoms with Crippen molar-refractivity contribution in [2.24, 2.45) is 0 Å². The van der Waals surface area contributed by atoms with Gasteiger partial charge in [-0.1, -0.05) is 29.5 Å². The largest absolute Gasteiger partial charge is 0.469 e. The molecule has 0 aliphatic heterocycles. The van der Waals surface area contributed by atoms with Gasteiger partial charge >= 0.3 is 0 Å². The summed E-state index contributed by atoms with van der Waals surface area (Å²) in [6.07, 6.45) is 0. The van der Waals surface area contributed by atoms with Crippen LogP contribution in [0.25, 0.3) is 15.9 Å². The molecule has 1 aromatic carbocycles. The summed E-state index contributed by atoms with van der Waals surface area (Å²) in [6, 6.07) is 9.94. The number of aromatic nitrogens is 5. The fourth-order valence-electron chi connectivity index (χ4n) is 2.22. The summed E-state index contributed by atoms with van der Waals surface area (Å²) in [6.45, 7) is 2.34. The Morgan fingerprint density at radius 3 is 3.10 bits per heavy atom. The summed E-state index contributed by atoms with van der Waals surface area (Å²) >= 11 is 1.44. The molecule has 0 amide bonds. The molecule has 3 heterocycles. The number of hydrogen-bond donors (Lipinski definition) is 0. The van der Waals surface area contributed by atoms with Crippen LogP contribution < -0.4 is 4.74 Å². The number of aryl methyl sites for hydroxylation is 1. The average Bonchev–Trinajstić information content (AvgIpc) is 3.09. The third kappa shape index (κ3) is 2.11. The van der Waals surface area contributed by atoms with Crippen LogP contribution in [0.4, 0.5) is 0 Å². The van der Waals surface area contributed by atoms with E-state index in [4.69, 9.17) is 4.74 Å². The molecule has 0 aliphatic rings. The van der Waals surface area contributed by atoms with E-state index in [1.807, 2.05) is 31.2 Å². The fraction of sp³-hybridized carbons (Fsp3) is 0.143. The van der Waals surface area contributed by atoms with Crippen LogP contribution in [-0.4, -0.2) is 24.8 Å². The summed E-state index contributed by atoms with van der Waals surface area (Å²) in [7, 11) is 0. The number of nitrogens with zero attached hydrogens (tertiary/aromatic N) is 5. The first-order valence-corrected chi connectivity index (χ1v) is 7.32. The molecule has 0 saturated carbocycles. The Morgan fingerprint density at radius 2 is 2.14 bits per heavy atom. The molecule has 0 spiro atoms. The molecule has 4 aromatic rings. The molecule has 0 fully saturated rings. The lowest BCUT2D eigenvalue weighted by Crippen LogP contribution is -2.03. The average molecular weight is 297 g/mol. The molecular weight excluding hydrogens is 286 g/mol. The molecule has 4 rings (SSSR count). The molecule has 0 saturated heterocycles. The van der Waals surface area contributed by atoms with Crippen LogP contribution in [0.1, 0.15) is 11.4 Å². The molecule has 0 radical (unpaired) electrons. The maximum absolute atomic E-state index is 5.75. The van der Waals surface area contributed by atoms with Crippen molar-refractivity contribution in [2.45, 2.75) is 13.5 Å². The van der Waals surface area contributed by atoms with Gasteiger partial charge in [0.1, 0.15) is 5.51 Å². The smallest absolute Gasteiger partial charge is 0.234 e.